The normalized spacial score (nSPS) is 14.7. The summed E-state index contributed by atoms with van der Waals surface area (Å²) in [6, 6.07) is 4.40. The van der Waals surface area contributed by atoms with Gasteiger partial charge < -0.3 is 10.2 Å². The van der Waals surface area contributed by atoms with Crippen LogP contribution in [0.15, 0.2) is 27.8 Å². The van der Waals surface area contributed by atoms with Crippen molar-refractivity contribution in [2.75, 3.05) is 18.4 Å². The minimum absolute atomic E-state index is 0.0561. The number of aryl methyl sites for hydroxylation is 5. The SMILES string of the molecule is Cc1cc(C)c(NC(=O)[C@H](C)n2c(=O)c3c(C(=O)N4CCCCC4)cc(C)nc3n(C)c2=O)c(C)c1. The van der Waals surface area contributed by atoms with Crippen molar-refractivity contribution >= 4 is 28.5 Å². The molecule has 0 spiro atoms. The number of piperidine rings is 1. The number of pyridine rings is 1. The first-order valence-corrected chi connectivity index (χ1v) is 12.3. The quantitative estimate of drug-likeness (QED) is 0.604. The first kappa shape index (κ1) is 25.3. The maximum atomic E-state index is 13.8. The van der Waals surface area contributed by atoms with Crippen molar-refractivity contribution in [2.45, 2.75) is 59.9 Å². The Morgan fingerprint density at radius 1 is 0.972 bits per heavy atom. The Kier molecular flexibility index (Phi) is 6.84. The van der Waals surface area contributed by atoms with Gasteiger partial charge in [-0.25, -0.2) is 14.3 Å². The molecule has 3 heterocycles. The largest absolute Gasteiger partial charge is 0.339 e. The van der Waals surface area contributed by atoms with Gasteiger partial charge in [0.15, 0.2) is 0 Å². The van der Waals surface area contributed by atoms with Crippen LogP contribution in [0.4, 0.5) is 5.69 Å². The van der Waals surface area contributed by atoms with E-state index >= 15 is 0 Å². The first-order valence-electron chi connectivity index (χ1n) is 12.3. The van der Waals surface area contributed by atoms with Crippen molar-refractivity contribution in [3.8, 4) is 0 Å². The number of carbonyl (C=O) groups is 2. The van der Waals surface area contributed by atoms with Crippen molar-refractivity contribution in [2.24, 2.45) is 7.05 Å². The van der Waals surface area contributed by atoms with E-state index in [0.717, 1.165) is 40.5 Å². The van der Waals surface area contributed by atoms with Crippen LogP contribution in [0.5, 0.6) is 0 Å². The monoisotopic (exact) mass is 491 g/mol. The molecular formula is C27H33N5O4. The van der Waals surface area contributed by atoms with Gasteiger partial charge in [0.1, 0.15) is 11.7 Å². The fourth-order valence-corrected chi connectivity index (χ4v) is 5.07. The molecule has 0 radical (unpaired) electrons. The second-order valence-corrected chi connectivity index (χ2v) is 9.82. The molecule has 0 unspecified atom stereocenters. The number of benzene rings is 1. The Balaban J connectivity index is 1.84. The minimum Gasteiger partial charge on any atom is -0.339 e. The van der Waals surface area contributed by atoms with Crippen molar-refractivity contribution in [3.63, 3.8) is 0 Å². The number of hydrogen-bond donors (Lipinski definition) is 1. The number of fused-ring (bicyclic) bond motifs is 1. The molecule has 9 heteroatoms. The summed E-state index contributed by atoms with van der Waals surface area (Å²) < 4.78 is 2.16. The smallest absolute Gasteiger partial charge is 0.333 e. The van der Waals surface area contributed by atoms with Crippen LogP contribution in [-0.4, -0.2) is 43.9 Å². The third-order valence-corrected chi connectivity index (χ3v) is 6.94. The molecule has 1 aliphatic rings. The molecule has 1 atom stereocenters. The lowest BCUT2D eigenvalue weighted by atomic mass is 10.0. The van der Waals surface area contributed by atoms with Gasteiger partial charge in [-0.15, -0.1) is 0 Å². The topological polar surface area (TPSA) is 106 Å². The minimum atomic E-state index is -1.11. The Morgan fingerprint density at radius 2 is 1.58 bits per heavy atom. The van der Waals surface area contributed by atoms with Gasteiger partial charge in [0.05, 0.1) is 10.9 Å². The molecule has 1 aromatic carbocycles. The van der Waals surface area contributed by atoms with E-state index in [1.807, 2.05) is 32.9 Å². The number of nitrogens with zero attached hydrogens (tertiary/aromatic N) is 4. The molecule has 1 aliphatic heterocycles. The van der Waals surface area contributed by atoms with Crippen molar-refractivity contribution in [1.29, 1.82) is 0 Å². The van der Waals surface area contributed by atoms with Gasteiger partial charge in [-0.1, -0.05) is 17.7 Å². The van der Waals surface area contributed by atoms with Crippen molar-refractivity contribution in [1.82, 2.24) is 19.0 Å². The van der Waals surface area contributed by atoms with E-state index < -0.39 is 23.2 Å². The fourth-order valence-electron chi connectivity index (χ4n) is 5.07. The molecule has 4 rings (SSSR count). The van der Waals surface area contributed by atoms with Gasteiger partial charge in [-0.3, -0.25) is 19.0 Å². The van der Waals surface area contributed by atoms with E-state index in [1.54, 1.807) is 17.9 Å². The van der Waals surface area contributed by atoms with E-state index in [2.05, 4.69) is 10.3 Å². The Labute approximate surface area is 209 Å². The summed E-state index contributed by atoms with van der Waals surface area (Å²) in [6.07, 6.45) is 2.88. The van der Waals surface area contributed by atoms with Crippen LogP contribution in [-0.2, 0) is 11.8 Å². The van der Waals surface area contributed by atoms with Crippen molar-refractivity contribution < 1.29 is 9.59 Å². The van der Waals surface area contributed by atoms with Crippen LogP contribution < -0.4 is 16.6 Å². The van der Waals surface area contributed by atoms with Crippen LogP contribution in [0.2, 0.25) is 0 Å². The maximum absolute atomic E-state index is 13.8. The third kappa shape index (κ3) is 4.45. The van der Waals surface area contributed by atoms with Crippen molar-refractivity contribution in [3.05, 3.63) is 67.0 Å². The summed E-state index contributed by atoms with van der Waals surface area (Å²) in [4.78, 5) is 59.9. The molecular weight excluding hydrogens is 458 g/mol. The first-order chi connectivity index (χ1) is 17.0. The summed E-state index contributed by atoms with van der Waals surface area (Å²) in [5.74, 6) is -0.747. The summed E-state index contributed by atoms with van der Waals surface area (Å²) in [6.45, 7) is 10.2. The van der Waals surface area contributed by atoms with Gasteiger partial charge in [0.2, 0.25) is 5.91 Å². The Hall–Kier alpha value is -3.75. The molecule has 0 aliphatic carbocycles. The van der Waals surface area contributed by atoms with Crippen LogP contribution in [0.1, 0.15) is 65.0 Å². The van der Waals surface area contributed by atoms with Gasteiger partial charge in [-0.05, 0) is 71.1 Å². The zero-order chi connectivity index (χ0) is 26.3. The third-order valence-electron chi connectivity index (χ3n) is 6.94. The second kappa shape index (κ2) is 9.72. The standard InChI is InChI=1S/C27H33N5O4/c1-15-12-16(2)22(17(3)13-15)29-24(33)19(5)32-26(35)21-20(25(34)31-10-8-7-9-11-31)14-18(4)28-23(21)30(6)27(32)36/h12-14,19H,7-11H2,1-6H3,(H,29,33)/t19-/m0/s1. The highest BCUT2D eigenvalue weighted by Gasteiger charge is 2.28. The number of rotatable bonds is 4. The van der Waals surface area contributed by atoms with Crippen LogP contribution in [0.25, 0.3) is 11.0 Å². The zero-order valence-corrected chi connectivity index (χ0v) is 21.8. The predicted octanol–water partition coefficient (Wildman–Crippen LogP) is 3.15. The number of carbonyl (C=O) groups excluding carboxylic acids is 2. The molecule has 1 saturated heterocycles. The molecule has 2 aromatic heterocycles. The van der Waals surface area contributed by atoms with Crippen LogP contribution >= 0.6 is 0 Å². The number of anilines is 1. The molecule has 0 bridgehead atoms. The zero-order valence-electron chi connectivity index (χ0n) is 21.8. The van der Waals surface area contributed by atoms with Gasteiger partial charge >= 0.3 is 5.69 Å². The lowest BCUT2D eigenvalue weighted by Gasteiger charge is -2.27. The molecule has 3 aromatic rings. The van der Waals surface area contributed by atoms with Gasteiger partial charge in [-0.2, -0.15) is 0 Å². The number of aromatic nitrogens is 3. The summed E-state index contributed by atoms with van der Waals surface area (Å²) >= 11 is 0. The lowest BCUT2D eigenvalue weighted by molar-refractivity contribution is -0.119. The summed E-state index contributed by atoms with van der Waals surface area (Å²) in [5.41, 5.74) is 3.03. The highest BCUT2D eigenvalue weighted by atomic mass is 16.2. The number of likely N-dealkylation sites (tertiary alicyclic amines) is 1. The van der Waals surface area contributed by atoms with E-state index in [0.29, 0.717) is 24.5 Å². The molecule has 1 N–H and O–H groups in total. The number of hydrogen-bond acceptors (Lipinski definition) is 5. The average molecular weight is 492 g/mol. The molecule has 1 fully saturated rings. The summed E-state index contributed by atoms with van der Waals surface area (Å²) in [7, 11) is 1.50. The highest BCUT2D eigenvalue weighted by molar-refractivity contribution is 6.05. The van der Waals surface area contributed by atoms with E-state index in [4.69, 9.17) is 0 Å². The summed E-state index contributed by atoms with van der Waals surface area (Å²) in [5, 5.41) is 2.94. The Bertz CT molecular complexity index is 1470. The molecule has 2 amide bonds. The van der Waals surface area contributed by atoms with Gasteiger partial charge in [0.25, 0.3) is 11.5 Å². The van der Waals surface area contributed by atoms with Crippen LogP contribution in [0.3, 0.4) is 0 Å². The lowest BCUT2D eigenvalue weighted by Crippen LogP contribution is -2.45. The van der Waals surface area contributed by atoms with E-state index in [9.17, 15) is 19.2 Å². The second-order valence-electron chi connectivity index (χ2n) is 9.82. The maximum Gasteiger partial charge on any atom is 0.333 e. The van der Waals surface area contributed by atoms with Crippen LogP contribution in [0, 0.1) is 27.7 Å². The van der Waals surface area contributed by atoms with E-state index in [1.165, 1.54) is 18.5 Å². The average Bonchev–Trinajstić information content (AvgIpc) is 2.84. The molecule has 9 nitrogen and oxygen atoms in total. The van der Waals surface area contributed by atoms with E-state index in [-0.39, 0.29) is 22.5 Å². The van der Waals surface area contributed by atoms with Gasteiger partial charge in [0, 0.05) is 31.5 Å². The molecule has 190 valence electrons. The Morgan fingerprint density at radius 3 is 2.19 bits per heavy atom. The predicted molar refractivity (Wildman–Crippen MR) is 140 cm³/mol. The fraction of sp³-hybridized carbons (Fsp3) is 0.444. The highest BCUT2D eigenvalue weighted by Crippen LogP contribution is 2.23. The number of nitrogens with one attached hydrogen (secondary N) is 1. The number of amides is 2. The molecule has 0 saturated carbocycles. The molecule has 36 heavy (non-hydrogen) atoms.